The number of aryl methyl sites for hydroxylation is 2. The van der Waals surface area contributed by atoms with Crippen LogP contribution in [0.2, 0.25) is 0 Å². The van der Waals surface area contributed by atoms with Gasteiger partial charge in [-0.2, -0.15) is 5.10 Å². The van der Waals surface area contributed by atoms with Gasteiger partial charge < -0.3 is 10.1 Å². The third-order valence-corrected chi connectivity index (χ3v) is 3.64. The van der Waals surface area contributed by atoms with Crippen LogP contribution in [-0.4, -0.2) is 27.6 Å². The third-order valence-electron chi connectivity index (χ3n) is 3.64. The van der Waals surface area contributed by atoms with Crippen LogP contribution in [0.5, 0.6) is 5.75 Å². The molecule has 0 aliphatic carbocycles. The molecular weight excluding hydrogens is 304 g/mol. The van der Waals surface area contributed by atoms with Crippen molar-refractivity contribution in [3.05, 3.63) is 53.0 Å². The molecular formula is C18H16N4O2. The lowest BCUT2D eigenvalue weighted by atomic mass is 10.2. The Kier molecular flexibility index (Phi) is 3.92. The molecule has 2 aromatic heterocycles. The topological polar surface area (TPSA) is 68.5 Å². The number of carbonyl (C=O) groups excluding carboxylic acids is 1. The molecule has 0 radical (unpaired) electrons. The molecule has 0 aliphatic rings. The van der Waals surface area contributed by atoms with Crippen LogP contribution in [0.3, 0.4) is 0 Å². The number of anilines is 1. The van der Waals surface area contributed by atoms with Crippen molar-refractivity contribution in [1.82, 2.24) is 14.6 Å². The van der Waals surface area contributed by atoms with Crippen LogP contribution in [0.4, 0.5) is 5.69 Å². The van der Waals surface area contributed by atoms with Gasteiger partial charge in [0.2, 0.25) is 0 Å². The summed E-state index contributed by atoms with van der Waals surface area (Å²) in [4.78, 5) is 17.0. The second kappa shape index (κ2) is 6.05. The minimum absolute atomic E-state index is 0.311. The number of aromatic nitrogens is 3. The number of fused-ring (bicyclic) bond motifs is 1. The monoisotopic (exact) mass is 320 g/mol. The summed E-state index contributed by atoms with van der Waals surface area (Å²) in [7, 11) is 1.52. The van der Waals surface area contributed by atoms with Gasteiger partial charge in [-0.3, -0.25) is 4.79 Å². The molecule has 120 valence electrons. The van der Waals surface area contributed by atoms with Crippen LogP contribution in [0.15, 0.2) is 30.5 Å². The van der Waals surface area contributed by atoms with Crippen molar-refractivity contribution in [2.24, 2.45) is 0 Å². The van der Waals surface area contributed by atoms with Crippen molar-refractivity contribution in [1.29, 1.82) is 0 Å². The second-order valence-electron chi connectivity index (χ2n) is 5.35. The molecule has 1 amide bonds. The number of benzene rings is 1. The average Bonchev–Trinajstić information content (AvgIpc) is 2.99. The molecule has 0 saturated heterocycles. The summed E-state index contributed by atoms with van der Waals surface area (Å²) in [6.45, 7) is 3.79. The van der Waals surface area contributed by atoms with E-state index in [2.05, 4.69) is 21.3 Å². The molecule has 0 spiro atoms. The zero-order chi connectivity index (χ0) is 17.3. The van der Waals surface area contributed by atoms with Gasteiger partial charge in [-0.05, 0) is 38.1 Å². The Morgan fingerprint density at radius 2 is 2.12 bits per heavy atom. The zero-order valence-corrected chi connectivity index (χ0v) is 13.6. The van der Waals surface area contributed by atoms with Crippen LogP contribution in [0.1, 0.15) is 27.3 Å². The van der Waals surface area contributed by atoms with Gasteiger partial charge in [-0.15, -0.1) is 6.42 Å². The largest absolute Gasteiger partial charge is 0.495 e. The molecule has 1 N–H and O–H groups in total. The highest BCUT2D eigenvalue weighted by atomic mass is 16.5. The highest BCUT2D eigenvalue weighted by Gasteiger charge is 2.17. The predicted octanol–water partition coefficient (Wildman–Crippen LogP) is 2.59. The maximum absolute atomic E-state index is 12.6. The van der Waals surface area contributed by atoms with Crippen LogP contribution >= 0.6 is 0 Å². The number of nitrogens with one attached hydrogen (secondary N) is 1. The smallest absolute Gasteiger partial charge is 0.261 e. The SMILES string of the molecule is C#Cc1ccc(NC(=O)c2cnn3c(C)cc(C)nc23)c(OC)c1. The van der Waals surface area contributed by atoms with E-state index in [-0.39, 0.29) is 5.91 Å². The standard InChI is InChI=1S/C18H16N4O2/c1-5-13-6-7-15(16(9-13)24-4)21-18(23)14-10-19-22-12(3)8-11(2)20-17(14)22/h1,6-10H,2-4H3,(H,21,23). The summed E-state index contributed by atoms with van der Waals surface area (Å²) in [5, 5.41) is 7.05. The number of rotatable bonds is 3. The Bertz CT molecular complexity index is 983. The van der Waals surface area contributed by atoms with E-state index in [0.717, 1.165) is 11.4 Å². The molecule has 0 unspecified atom stereocenters. The Morgan fingerprint density at radius 3 is 2.83 bits per heavy atom. The van der Waals surface area contributed by atoms with Gasteiger partial charge >= 0.3 is 0 Å². The molecule has 2 heterocycles. The summed E-state index contributed by atoms with van der Waals surface area (Å²) in [6.07, 6.45) is 6.89. The van der Waals surface area contributed by atoms with E-state index >= 15 is 0 Å². The molecule has 3 rings (SSSR count). The van der Waals surface area contributed by atoms with Crippen molar-refractivity contribution in [3.63, 3.8) is 0 Å². The van der Waals surface area contributed by atoms with Crippen molar-refractivity contribution in [2.45, 2.75) is 13.8 Å². The second-order valence-corrected chi connectivity index (χ2v) is 5.35. The van der Waals surface area contributed by atoms with Gasteiger partial charge in [0.1, 0.15) is 11.3 Å². The van der Waals surface area contributed by atoms with E-state index in [1.54, 1.807) is 22.7 Å². The number of carbonyl (C=O) groups is 1. The fourth-order valence-corrected chi connectivity index (χ4v) is 2.50. The van der Waals surface area contributed by atoms with Gasteiger partial charge in [0.15, 0.2) is 5.65 Å². The van der Waals surface area contributed by atoms with E-state index < -0.39 is 0 Å². The van der Waals surface area contributed by atoms with Crippen molar-refractivity contribution in [3.8, 4) is 18.1 Å². The quantitative estimate of drug-likeness (QED) is 0.753. The third kappa shape index (κ3) is 2.68. The highest BCUT2D eigenvalue weighted by Crippen LogP contribution is 2.26. The minimum Gasteiger partial charge on any atom is -0.495 e. The van der Waals surface area contributed by atoms with Crippen molar-refractivity contribution < 1.29 is 9.53 Å². The van der Waals surface area contributed by atoms with Gasteiger partial charge in [-0.25, -0.2) is 9.50 Å². The molecule has 6 heteroatoms. The van der Waals surface area contributed by atoms with E-state index in [4.69, 9.17) is 11.2 Å². The number of terminal acetylenes is 1. The Hall–Kier alpha value is -3.33. The van der Waals surface area contributed by atoms with E-state index in [9.17, 15) is 4.79 Å². The van der Waals surface area contributed by atoms with E-state index in [1.807, 2.05) is 19.9 Å². The number of nitrogens with zero attached hydrogens (tertiary/aromatic N) is 3. The molecule has 0 aliphatic heterocycles. The van der Waals surface area contributed by atoms with Gasteiger partial charge in [0.05, 0.1) is 19.0 Å². The maximum Gasteiger partial charge on any atom is 0.261 e. The zero-order valence-electron chi connectivity index (χ0n) is 13.6. The summed E-state index contributed by atoms with van der Waals surface area (Å²) in [5.41, 5.74) is 3.85. The van der Waals surface area contributed by atoms with Crippen molar-refractivity contribution in [2.75, 3.05) is 12.4 Å². The van der Waals surface area contributed by atoms with Crippen LogP contribution in [-0.2, 0) is 0 Å². The first-order valence-electron chi connectivity index (χ1n) is 7.31. The van der Waals surface area contributed by atoms with Crippen LogP contribution in [0, 0.1) is 26.2 Å². The molecule has 0 atom stereocenters. The van der Waals surface area contributed by atoms with Gasteiger partial charge in [0.25, 0.3) is 5.91 Å². The molecule has 1 aromatic carbocycles. The molecule has 3 aromatic rings. The molecule has 0 saturated carbocycles. The lowest BCUT2D eigenvalue weighted by Crippen LogP contribution is -2.13. The molecule has 24 heavy (non-hydrogen) atoms. The fraction of sp³-hybridized carbons (Fsp3) is 0.167. The first-order valence-corrected chi connectivity index (χ1v) is 7.31. The molecule has 6 nitrogen and oxygen atoms in total. The Labute approximate surface area is 139 Å². The van der Waals surface area contributed by atoms with Crippen LogP contribution < -0.4 is 10.1 Å². The number of ether oxygens (including phenoxy) is 1. The predicted molar refractivity (Wildman–Crippen MR) is 91.3 cm³/mol. The number of hydrogen-bond acceptors (Lipinski definition) is 4. The lowest BCUT2D eigenvalue weighted by Gasteiger charge is -2.10. The summed E-state index contributed by atoms with van der Waals surface area (Å²) < 4.78 is 6.92. The summed E-state index contributed by atoms with van der Waals surface area (Å²) >= 11 is 0. The van der Waals surface area contributed by atoms with E-state index in [0.29, 0.717) is 28.2 Å². The first-order chi connectivity index (χ1) is 11.5. The maximum atomic E-state index is 12.6. The fourth-order valence-electron chi connectivity index (χ4n) is 2.50. The first kappa shape index (κ1) is 15.6. The lowest BCUT2D eigenvalue weighted by molar-refractivity contribution is 0.102. The molecule has 0 fully saturated rings. The summed E-state index contributed by atoms with van der Waals surface area (Å²) in [5.74, 6) is 2.72. The van der Waals surface area contributed by atoms with Crippen LogP contribution in [0.25, 0.3) is 5.65 Å². The summed E-state index contributed by atoms with van der Waals surface area (Å²) in [6, 6.07) is 7.05. The van der Waals surface area contributed by atoms with Crippen molar-refractivity contribution >= 4 is 17.2 Å². The molecule has 0 bridgehead atoms. The Morgan fingerprint density at radius 1 is 1.33 bits per heavy atom. The average molecular weight is 320 g/mol. The minimum atomic E-state index is -0.311. The van der Waals surface area contributed by atoms with Gasteiger partial charge in [-0.1, -0.05) is 5.92 Å². The van der Waals surface area contributed by atoms with Gasteiger partial charge in [0, 0.05) is 17.0 Å². The normalized spacial score (nSPS) is 10.4. The number of methoxy groups -OCH3 is 1. The van der Waals surface area contributed by atoms with E-state index in [1.165, 1.54) is 13.3 Å². The number of amides is 1. The highest BCUT2D eigenvalue weighted by molar-refractivity contribution is 6.08. The number of hydrogen-bond donors (Lipinski definition) is 1. The Balaban J connectivity index is 1.98.